The smallest absolute Gasteiger partial charge is 0.226 e. The molecule has 1 aromatic heterocycles. The number of hydrogen-bond donors (Lipinski definition) is 2. The fourth-order valence-corrected chi connectivity index (χ4v) is 2.34. The number of fused-ring (bicyclic) bond motifs is 1. The maximum absolute atomic E-state index is 10.1. The van der Waals surface area contributed by atoms with Gasteiger partial charge in [0, 0.05) is 18.2 Å². The molecule has 0 aliphatic heterocycles. The van der Waals surface area contributed by atoms with Crippen molar-refractivity contribution in [3.8, 4) is 17.4 Å². The lowest BCUT2D eigenvalue weighted by molar-refractivity contribution is 0.0985. The van der Waals surface area contributed by atoms with Crippen molar-refractivity contribution in [1.29, 1.82) is 0 Å². The standard InChI is InChI=1S/C17H24ClN3O4/c1-17(2,3)19-8-10(22)9-25-15-11-6-13(23-4)14(24-5)7-12(11)20-16(18)21-15/h6-7,10,19,22H,8-9H2,1-5H3. The number of rotatable bonds is 7. The van der Waals surface area contributed by atoms with Crippen molar-refractivity contribution in [2.24, 2.45) is 0 Å². The van der Waals surface area contributed by atoms with E-state index in [1.54, 1.807) is 26.4 Å². The Hall–Kier alpha value is -1.83. The monoisotopic (exact) mass is 369 g/mol. The summed E-state index contributed by atoms with van der Waals surface area (Å²) in [6.07, 6.45) is -0.692. The Morgan fingerprint density at radius 3 is 2.40 bits per heavy atom. The van der Waals surface area contributed by atoms with Crippen molar-refractivity contribution in [1.82, 2.24) is 15.3 Å². The maximum Gasteiger partial charge on any atom is 0.226 e. The predicted molar refractivity (Wildman–Crippen MR) is 96.9 cm³/mol. The number of methoxy groups -OCH3 is 2. The second-order valence-electron chi connectivity index (χ2n) is 6.62. The first kappa shape index (κ1) is 19.5. The Bertz CT molecular complexity index is 734. The molecule has 0 radical (unpaired) electrons. The van der Waals surface area contributed by atoms with Gasteiger partial charge >= 0.3 is 0 Å². The normalized spacial score (nSPS) is 12.9. The molecule has 0 saturated heterocycles. The van der Waals surface area contributed by atoms with Gasteiger partial charge < -0.3 is 24.6 Å². The number of hydrogen-bond acceptors (Lipinski definition) is 7. The molecule has 0 aliphatic carbocycles. The highest BCUT2D eigenvalue weighted by atomic mass is 35.5. The van der Waals surface area contributed by atoms with Crippen molar-refractivity contribution < 1.29 is 19.3 Å². The van der Waals surface area contributed by atoms with Gasteiger partial charge in [-0.2, -0.15) is 4.98 Å². The summed E-state index contributed by atoms with van der Waals surface area (Å²) in [7, 11) is 3.09. The largest absolute Gasteiger partial charge is 0.493 e. The zero-order valence-electron chi connectivity index (χ0n) is 15.1. The van der Waals surface area contributed by atoms with Crippen LogP contribution in [0.25, 0.3) is 10.9 Å². The molecule has 2 N–H and O–H groups in total. The van der Waals surface area contributed by atoms with E-state index in [0.717, 1.165) is 0 Å². The molecule has 138 valence electrons. The second kappa shape index (κ2) is 8.03. The summed E-state index contributed by atoms with van der Waals surface area (Å²) in [5, 5.41) is 14.0. The molecule has 1 heterocycles. The molecule has 2 aromatic rings. The number of aliphatic hydroxyl groups is 1. The first-order valence-corrected chi connectivity index (χ1v) is 8.26. The molecule has 7 nitrogen and oxygen atoms in total. The van der Waals surface area contributed by atoms with Gasteiger partial charge in [-0.25, -0.2) is 4.98 Å². The first-order valence-electron chi connectivity index (χ1n) is 7.88. The molecule has 0 saturated carbocycles. The van der Waals surface area contributed by atoms with E-state index in [1.807, 2.05) is 20.8 Å². The van der Waals surface area contributed by atoms with Crippen LogP contribution in [0, 0.1) is 0 Å². The van der Waals surface area contributed by atoms with E-state index < -0.39 is 6.10 Å². The molecule has 1 aromatic carbocycles. The van der Waals surface area contributed by atoms with Crippen molar-refractivity contribution in [2.75, 3.05) is 27.4 Å². The topological polar surface area (TPSA) is 85.7 Å². The molecule has 8 heteroatoms. The van der Waals surface area contributed by atoms with Crippen LogP contribution in [0.1, 0.15) is 20.8 Å². The molecule has 2 rings (SSSR count). The fraction of sp³-hybridized carbons (Fsp3) is 0.529. The number of benzene rings is 1. The van der Waals surface area contributed by atoms with Crippen LogP contribution in [0.15, 0.2) is 12.1 Å². The van der Waals surface area contributed by atoms with Gasteiger partial charge in [-0.3, -0.25) is 0 Å². The predicted octanol–water partition coefficient (Wildman–Crippen LogP) is 2.43. The van der Waals surface area contributed by atoms with Gasteiger partial charge in [0.1, 0.15) is 12.7 Å². The number of nitrogens with zero attached hydrogens (tertiary/aromatic N) is 2. The fourth-order valence-electron chi connectivity index (χ4n) is 2.17. The molecule has 0 fully saturated rings. The number of β-amino-alcohol motifs (C(OH)–C–C–N with tert-alkyl or cyclic N) is 1. The van der Waals surface area contributed by atoms with Gasteiger partial charge in [0.15, 0.2) is 11.5 Å². The third kappa shape index (κ3) is 5.32. The molecule has 0 spiro atoms. The Morgan fingerprint density at radius 2 is 1.80 bits per heavy atom. The first-order chi connectivity index (χ1) is 11.7. The minimum atomic E-state index is -0.692. The van der Waals surface area contributed by atoms with Crippen molar-refractivity contribution >= 4 is 22.5 Å². The maximum atomic E-state index is 10.1. The van der Waals surface area contributed by atoms with Gasteiger partial charge in [-0.15, -0.1) is 0 Å². The molecule has 0 amide bonds. The highest BCUT2D eigenvalue weighted by Crippen LogP contribution is 2.35. The van der Waals surface area contributed by atoms with Gasteiger partial charge in [0.25, 0.3) is 0 Å². The van der Waals surface area contributed by atoms with Gasteiger partial charge in [0.2, 0.25) is 11.2 Å². The lowest BCUT2D eigenvalue weighted by Gasteiger charge is -2.23. The van der Waals surface area contributed by atoms with Crippen LogP contribution < -0.4 is 19.5 Å². The molecule has 1 atom stereocenters. The third-order valence-corrected chi connectivity index (χ3v) is 3.59. The number of ether oxygens (including phenoxy) is 3. The Morgan fingerprint density at radius 1 is 1.16 bits per heavy atom. The van der Waals surface area contributed by atoms with Gasteiger partial charge in [0.05, 0.1) is 25.1 Å². The summed E-state index contributed by atoms with van der Waals surface area (Å²) in [6, 6.07) is 3.42. The van der Waals surface area contributed by atoms with Crippen LogP contribution in [0.5, 0.6) is 17.4 Å². The van der Waals surface area contributed by atoms with Crippen molar-refractivity contribution in [2.45, 2.75) is 32.4 Å². The van der Waals surface area contributed by atoms with Crippen LogP contribution >= 0.6 is 11.6 Å². The molecule has 1 unspecified atom stereocenters. The minimum absolute atomic E-state index is 0.0528. The van der Waals surface area contributed by atoms with Crippen molar-refractivity contribution in [3.05, 3.63) is 17.4 Å². The van der Waals surface area contributed by atoms with Gasteiger partial charge in [-0.1, -0.05) is 0 Å². The van der Waals surface area contributed by atoms with E-state index in [-0.39, 0.29) is 23.3 Å². The highest BCUT2D eigenvalue weighted by molar-refractivity contribution is 6.28. The Balaban J connectivity index is 2.22. The lowest BCUT2D eigenvalue weighted by Crippen LogP contribution is -2.42. The number of halogens is 1. The highest BCUT2D eigenvalue weighted by Gasteiger charge is 2.16. The number of aromatic nitrogens is 2. The van der Waals surface area contributed by atoms with Gasteiger partial charge in [-0.05, 0) is 38.4 Å². The third-order valence-electron chi connectivity index (χ3n) is 3.42. The van der Waals surface area contributed by atoms with E-state index in [2.05, 4.69) is 15.3 Å². The molecule has 0 bridgehead atoms. The summed E-state index contributed by atoms with van der Waals surface area (Å²) >= 11 is 5.98. The number of nitrogens with one attached hydrogen (secondary N) is 1. The second-order valence-corrected chi connectivity index (χ2v) is 6.96. The van der Waals surface area contributed by atoms with E-state index in [4.69, 9.17) is 25.8 Å². The summed E-state index contributed by atoms with van der Waals surface area (Å²) < 4.78 is 16.2. The number of aliphatic hydroxyl groups excluding tert-OH is 1. The van der Waals surface area contributed by atoms with Crippen LogP contribution in [0.2, 0.25) is 5.28 Å². The lowest BCUT2D eigenvalue weighted by atomic mass is 10.1. The van der Waals surface area contributed by atoms with E-state index >= 15 is 0 Å². The van der Waals surface area contributed by atoms with Crippen LogP contribution in [-0.2, 0) is 0 Å². The minimum Gasteiger partial charge on any atom is -0.493 e. The Kier molecular flexibility index (Phi) is 6.26. The average Bonchev–Trinajstić information content (AvgIpc) is 2.55. The summed E-state index contributed by atoms with van der Waals surface area (Å²) in [6.45, 7) is 6.55. The summed E-state index contributed by atoms with van der Waals surface area (Å²) in [4.78, 5) is 8.30. The summed E-state index contributed by atoms with van der Waals surface area (Å²) in [5.41, 5.74) is 0.477. The van der Waals surface area contributed by atoms with Crippen LogP contribution in [-0.4, -0.2) is 54.1 Å². The molecule has 0 aliphatic rings. The van der Waals surface area contributed by atoms with E-state index in [0.29, 0.717) is 28.9 Å². The van der Waals surface area contributed by atoms with E-state index in [1.165, 1.54) is 0 Å². The Labute approximate surface area is 152 Å². The molecule has 25 heavy (non-hydrogen) atoms. The van der Waals surface area contributed by atoms with E-state index in [9.17, 15) is 5.11 Å². The SMILES string of the molecule is COc1cc2nc(Cl)nc(OCC(O)CNC(C)(C)C)c2cc1OC. The average molecular weight is 370 g/mol. The van der Waals surface area contributed by atoms with Crippen LogP contribution in [0.4, 0.5) is 0 Å². The quantitative estimate of drug-likeness (QED) is 0.725. The zero-order valence-corrected chi connectivity index (χ0v) is 15.8. The van der Waals surface area contributed by atoms with Crippen molar-refractivity contribution in [3.63, 3.8) is 0 Å². The summed E-state index contributed by atoms with van der Waals surface area (Å²) in [5.74, 6) is 1.34. The zero-order chi connectivity index (χ0) is 18.6. The van der Waals surface area contributed by atoms with Crippen LogP contribution in [0.3, 0.4) is 0 Å². The molecular formula is C17H24ClN3O4. The molecular weight excluding hydrogens is 346 g/mol.